The van der Waals surface area contributed by atoms with Gasteiger partial charge in [-0.3, -0.25) is 0 Å². The quantitative estimate of drug-likeness (QED) is 0.587. The van der Waals surface area contributed by atoms with Gasteiger partial charge in [-0.15, -0.1) is 6.42 Å². The normalized spacial score (nSPS) is 9.36. The van der Waals surface area contributed by atoms with E-state index in [9.17, 15) is 0 Å². The molecule has 0 aromatic heterocycles. The molecule has 0 saturated carbocycles. The molecule has 0 heterocycles. The van der Waals surface area contributed by atoms with Crippen LogP contribution in [0.4, 0.5) is 0 Å². The molecule has 0 amide bonds. The van der Waals surface area contributed by atoms with Crippen molar-refractivity contribution >= 4 is 0 Å². The van der Waals surface area contributed by atoms with Crippen molar-refractivity contribution in [1.29, 1.82) is 0 Å². The predicted octanol–water partition coefficient (Wildman–Crippen LogP) is 3.33. The minimum absolute atomic E-state index is 0.943. The van der Waals surface area contributed by atoms with E-state index in [0.717, 1.165) is 11.1 Å². The van der Waals surface area contributed by atoms with Crippen molar-refractivity contribution in [2.45, 2.75) is 0 Å². The highest BCUT2D eigenvalue weighted by Crippen LogP contribution is 2.22. The summed E-state index contributed by atoms with van der Waals surface area (Å²) in [5, 5.41) is 0. The summed E-state index contributed by atoms with van der Waals surface area (Å²) in [5.41, 5.74) is 3.23. The Kier molecular flexibility index (Phi) is 2.34. The van der Waals surface area contributed by atoms with E-state index in [0.29, 0.717) is 0 Å². The minimum Gasteiger partial charge on any atom is -0.115 e. The number of hydrogen-bond acceptors (Lipinski definition) is 0. The zero-order chi connectivity index (χ0) is 9.80. The van der Waals surface area contributed by atoms with Gasteiger partial charge in [0.05, 0.1) is 0 Å². The number of benzene rings is 2. The van der Waals surface area contributed by atoms with E-state index in [2.05, 4.69) is 18.1 Å². The molecular formula is C14H10. The summed E-state index contributed by atoms with van der Waals surface area (Å²) in [7, 11) is 0. The Labute approximate surface area is 84.2 Å². The Balaban J connectivity index is 2.58. The zero-order valence-electron chi connectivity index (χ0n) is 7.77. The molecule has 2 rings (SSSR count). The maximum absolute atomic E-state index is 5.44. The second-order valence-electron chi connectivity index (χ2n) is 3.06. The molecule has 0 radical (unpaired) electrons. The standard InChI is InChI=1S/C14H10/c1-2-12-8-6-7-11-14(12)13-9-4-3-5-10-13/h1,3-11H. The van der Waals surface area contributed by atoms with Crippen molar-refractivity contribution in [3.8, 4) is 23.5 Å². The molecule has 66 valence electrons. The van der Waals surface area contributed by atoms with Crippen LogP contribution in [-0.4, -0.2) is 0 Å². The second kappa shape index (κ2) is 3.81. The highest BCUT2D eigenvalue weighted by Gasteiger charge is 1.99. The van der Waals surface area contributed by atoms with Crippen LogP contribution < -0.4 is 0 Å². The van der Waals surface area contributed by atoms with E-state index in [-0.39, 0.29) is 0 Å². The van der Waals surface area contributed by atoms with Gasteiger partial charge < -0.3 is 0 Å². The van der Waals surface area contributed by atoms with Crippen LogP contribution in [0.25, 0.3) is 11.1 Å². The third kappa shape index (κ3) is 1.53. The summed E-state index contributed by atoms with van der Waals surface area (Å²) in [6.45, 7) is 0. The van der Waals surface area contributed by atoms with Crippen LogP contribution in [0.3, 0.4) is 0 Å². The van der Waals surface area contributed by atoms with Gasteiger partial charge in [0.15, 0.2) is 0 Å². The smallest absolute Gasteiger partial charge is 0.0321 e. The van der Waals surface area contributed by atoms with Crippen LogP contribution in [-0.2, 0) is 0 Å². The highest BCUT2D eigenvalue weighted by atomic mass is 14.0. The summed E-state index contributed by atoms with van der Waals surface area (Å²) < 4.78 is 0. The summed E-state index contributed by atoms with van der Waals surface area (Å²) >= 11 is 0. The summed E-state index contributed by atoms with van der Waals surface area (Å²) in [4.78, 5) is 0. The molecule has 14 heavy (non-hydrogen) atoms. The fourth-order valence-electron chi connectivity index (χ4n) is 1.48. The van der Waals surface area contributed by atoms with E-state index in [1.54, 1.807) is 0 Å². The fraction of sp³-hybridized carbons (Fsp3) is 0. The summed E-state index contributed by atoms with van der Waals surface area (Å²) in [6.07, 6.45) is 5.44. The van der Waals surface area contributed by atoms with Gasteiger partial charge in [0.1, 0.15) is 0 Å². The number of rotatable bonds is 1. The molecule has 0 aliphatic carbocycles. The Bertz CT molecular complexity index is 461. The first-order valence-corrected chi connectivity index (χ1v) is 4.53. The molecule has 0 aliphatic rings. The molecule has 2 aromatic carbocycles. The van der Waals surface area contributed by atoms with Gasteiger partial charge >= 0.3 is 0 Å². The zero-order valence-corrected chi connectivity index (χ0v) is 7.77. The van der Waals surface area contributed by atoms with Gasteiger partial charge in [-0.05, 0) is 17.2 Å². The minimum atomic E-state index is 0.943. The fourth-order valence-corrected chi connectivity index (χ4v) is 1.48. The Morgan fingerprint density at radius 3 is 2.14 bits per heavy atom. The lowest BCUT2D eigenvalue weighted by Gasteiger charge is -2.03. The Hall–Kier alpha value is -2.00. The predicted molar refractivity (Wildman–Crippen MR) is 59.8 cm³/mol. The maximum Gasteiger partial charge on any atom is 0.0321 e. The first-order chi connectivity index (χ1) is 6.92. The second-order valence-corrected chi connectivity index (χ2v) is 3.06. The molecule has 0 saturated heterocycles. The topological polar surface area (TPSA) is 0 Å². The third-order valence-corrected chi connectivity index (χ3v) is 2.17. The van der Waals surface area contributed by atoms with Crippen LogP contribution in [0.2, 0.25) is 0 Å². The van der Waals surface area contributed by atoms with Crippen molar-refractivity contribution < 1.29 is 0 Å². The monoisotopic (exact) mass is 178 g/mol. The van der Waals surface area contributed by atoms with Crippen LogP contribution >= 0.6 is 0 Å². The molecule has 0 unspecified atom stereocenters. The lowest BCUT2D eigenvalue weighted by Crippen LogP contribution is -1.82. The maximum atomic E-state index is 5.44. The van der Waals surface area contributed by atoms with Crippen LogP contribution in [0, 0.1) is 12.3 Å². The number of hydrogen-bond donors (Lipinski definition) is 0. The van der Waals surface area contributed by atoms with Crippen LogP contribution in [0.5, 0.6) is 0 Å². The van der Waals surface area contributed by atoms with E-state index < -0.39 is 0 Å². The van der Waals surface area contributed by atoms with Gasteiger partial charge in [-0.2, -0.15) is 0 Å². The summed E-state index contributed by atoms with van der Waals surface area (Å²) in [6, 6.07) is 18.1. The van der Waals surface area contributed by atoms with Gasteiger partial charge in [0, 0.05) is 5.56 Å². The highest BCUT2D eigenvalue weighted by molar-refractivity contribution is 5.70. The van der Waals surface area contributed by atoms with Gasteiger partial charge in [-0.1, -0.05) is 54.5 Å². The molecule has 0 N–H and O–H groups in total. The molecule has 0 atom stereocenters. The molecule has 2 aromatic rings. The third-order valence-electron chi connectivity index (χ3n) is 2.17. The average molecular weight is 178 g/mol. The SMILES string of the molecule is C#Cc1ccccc1-c1ccccc1. The van der Waals surface area contributed by atoms with Crippen LogP contribution in [0.15, 0.2) is 54.6 Å². The van der Waals surface area contributed by atoms with Gasteiger partial charge in [0.2, 0.25) is 0 Å². The molecule has 0 heteroatoms. The molecule has 0 aliphatic heterocycles. The van der Waals surface area contributed by atoms with Crippen LogP contribution in [0.1, 0.15) is 5.56 Å². The molecule has 0 bridgehead atoms. The lowest BCUT2D eigenvalue weighted by molar-refractivity contribution is 1.59. The average Bonchev–Trinajstić information content (AvgIpc) is 2.30. The largest absolute Gasteiger partial charge is 0.115 e. The Morgan fingerprint density at radius 1 is 0.786 bits per heavy atom. The van der Waals surface area contributed by atoms with Gasteiger partial charge in [0.25, 0.3) is 0 Å². The number of terminal acetylenes is 1. The van der Waals surface area contributed by atoms with E-state index in [1.165, 1.54) is 5.56 Å². The molecular weight excluding hydrogens is 168 g/mol. The molecule has 0 fully saturated rings. The van der Waals surface area contributed by atoms with Crippen molar-refractivity contribution in [2.75, 3.05) is 0 Å². The molecule has 0 spiro atoms. The van der Waals surface area contributed by atoms with Gasteiger partial charge in [-0.25, -0.2) is 0 Å². The van der Waals surface area contributed by atoms with E-state index in [4.69, 9.17) is 6.42 Å². The van der Waals surface area contributed by atoms with E-state index >= 15 is 0 Å². The first-order valence-electron chi connectivity index (χ1n) is 4.53. The van der Waals surface area contributed by atoms with Crippen molar-refractivity contribution in [2.24, 2.45) is 0 Å². The first kappa shape index (κ1) is 8.59. The van der Waals surface area contributed by atoms with Crippen molar-refractivity contribution in [3.05, 3.63) is 60.2 Å². The van der Waals surface area contributed by atoms with Crippen molar-refractivity contribution in [3.63, 3.8) is 0 Å². The molecule has 0 nitrogen and oxygen atoms in total. The Morgan fingerprint density at radius 2 is 1.43 bits per heavy atom. The summed E-state index contributed by atoms with van der Waals surface area (Å²) in [5.74, 6) is 2.69. The van der Waals surface area contributed by atoms with Crippen molar-refractivity contribution in [1.82, 2.24) is 0 Å². The van der Waals surface area contributed by atoms with E-state index in [1.807, 2.05) is 42.5 Å². The lowest BCUT2D eigenvalue weighted by atomic mass is 10.0.